The highest BCUT2D eigenvalue weighted by molar-refractivity contribution is 5.83. The van der Waals surface area contributed by atoms with Crippen molar-refractivity contribution in [2.45, 2.75) is 59.3 Å². The van der Waals surface area contributed by atoms with Gasteiger partial charge < -0.3 is 39.3 Å². The summed E-state index contributed by atoms with van der Waals surface area (Å²) in [5.74, 6) is -4.90. The summed E-state index contributed by atoms with van der Waals surface area (Å²) in [6.07, 6.45) is 0.0238. The van der Waals surface area contributed by atoms with Gasteiger partial charge in [0.05, 0.1) is 32.2 Å². The Morgan fingerprint density at radius 3 is 1.91 bits per heavy atom. The third kappa shape index (κ3) is 7.09. The molecule has 0 bridgehead atoms. The molecule has 13 heteroatoms. The molecule has 0 aromatic heterocycles. The second-order valence-corrected chi connectivity index (χ2v) is 10.9. The standard InChI is InChI=1S/C30H35FN2O10/c1-16(29(37)38)7-25(35)32-12-18-9-22(34)23(10-19(18)13-32)42-5-4-6-43-28-24(41-3)11-20-14-33(15-21(20)27(28)31)26(36)8-17(2)30(39)40/h9-11,16-17,34H,4-8,12-15H2,1-3H3,(H,37,38)(H,39,40). The zero-order valence-corrected chi connectivity index (χ0v) is 24.2. The topological polar surface area (TPSA) is 163 Å². The van der Waals surface area contributed by atoms with Crippen LogP contribution in [0, 0.1) is 17.7 Å². The lowest BCUT2D eigenvalue weighted by atomic mass is 10.1. The van der Waals surface area contributed by atoms with Gasteiger partial charge in [0, 0.05) is 51.0 Å². The van der Waals surface area contributed by atoms with Crippen molar-refractivity contribution >= 4 is 23.8 Å². The van der Waals surface area contributed by atoms with Crippen LogP contribution < -0.4 is 14.2 Å². The van der Waals surface area contributed by atoms with Crippen molar-refractivity contribution in [3.8, 4) is 23.0 Å². The van der Waals surface area contributed by atoms with Gasteiger partial charge in [0.15, 0.2) is 28.8 Å². The molecule has 0 saturated carbocycles. The van der Waals surface area contributed by atoms with Gasteiger partial charge in [-0.05, 0) is 34.9 Å². The number of aliphatic carboxylic acids is 2. The summed E-state index contributed by atoms with van der Waals surface area (Å²) < 4.78 is 32.2. The number of rotatable bonds is 13. The SMILES string of the molecule is COc1cc2c(c(F)c1OCCCOc1cc3c(cc1O)CN(C(=O)CC(C)C(=O)O)C3)CN(C(=O)CC(C)C(=O)O)C2. The van der Waals surface area contributed by atoms with E-state index < -0.39 is 29.6 Å². The van der Waals surface area contributed by atoms with E-state index in [1.165, 1.54) is 36.8 Å². The predicted octanol–water partition coefficient (Wildman–Crippen LogP) is 3.29. The lowest BCUT2D eigenvalue weighted by Crippen LogP contribution is -2.28. The van der Waals surface area contributed by atoms with Gasteiger partial charge in [-0.25, -0.2) is 4.39 Å². The van der Waals surface area contributed by atoms with Crippen molar-refractivity contribution < 1.29 is 53.1 Å². The number of fused-ring (bicyclic) bond motifs is 2. The lowest BCUT2D eigenvalue weighted by molar-refractivity contribution is -0.145. The van der Waals surface area contributed by atoms with Crippen LogP contribution >= 0.6 is 0 Å². The van der Waals surface area contributed by atoms with Crippen LogP contribution in [0.3, 0.4) is 0 Å². The van der Waals surface area contributed by atoms with E-state index in [-0.39, 0.29) is 92.6 Å². The quantitative estimate of drug-likeness (QED) is 0.290. The summed E-state index contributed by atoms with van der Waals surface area (Å²) in [4.78, 5) is 50.1. The normalized spacial score (nSPS) is 15.0. The maximum atomic E-state index is 15.4. The van der Waals surface area contributed by atoms with Gasteiger partial charge >= 0.3 is 11.9 Å². The zero-order valence-electron chi connectivity index (χ0n) is 24.2. The number of aromatic hydroxyl groups is 1. The minimum atomic E-state index is -1.08. The van der Waals surface area contributed by atoms with Crippen LogP contribution in [-0.4, -0.2) is 69.2 Å². The van der Waals surface area contributed by atoms with E-state index in [0.29, 0.717) is 12.0 Å². The van der Waals surface area contributed by atoms with Crippen molar-refractivity contribution in [2.24, 2.45) is 11.8 Å². The molecule has 0 fully saturated rings. The Balaban J connectivity index is 1.31. The number of phenols is 1. The fraction of sp³-hybridized carbons (Fsp3) is 0.467. The van der Waals surface area contributed by atoms with Crippen molar-refractivity contribution in [1.82, 2.24) is 9.80 Å². The van der Waals surface area contributed by atoms with Gasteiger partial charge in [-0.15, -0.1) is 0 Å². The van der Waals surface area contributed by atoms with Crippen LogP contribution in [0.25, 0.3) is 0 Å². The monoisotopic (exact) mass is 602 g/mol. The van der Waals surface area contributed by atoms with E-state index in [0.717, 1.165) is 11.1 Å². The highest BCUT2D eigenvalue weighted by Gasteiger charge is 2.32. The number of carboxylic acids is 2. The van der Waals surface area contributed by atoms with E-state index in [4.69, 9.17) is 24.4 Å². The third-order valence-electron chi connectivity index (χ3n) is 7.62. The first-order valence-corrected chi connectivity index (χ1v) is 13.9. The number of hydrogen-bond acceptors (Lipinski definition) is 8. The molecule has 2 aliphatic heterocycles. The number of phenolic OH excluding ortho intramolecular Hbond substituents is 1. The smallest absolute Gasteiger partial charge is 0.306 e. The lowest BCUT2D eigenvalue weighted by Gasteiger charge is -2.16. The molecule has 43 heavy (non-hydrogen) atoms. The molecule has 2 aliphatic rings. The zero-order chi connectivity index (χ0) is 31.4. The minimum Gasteiger partial charge on any atom is -0.504 e. The average molecular weight is 603 g/mol. The number of nitrogens with zero attached hydrogens (tertiary/aromatic N) is 2. The largest absolute Gasteiger partial charge is 0.504 e. The van der Waals surface area contributed by atoms with Crippen LogP contribution in [-0.2, 0) is 45.4 Å². The highest BCUT2D eigenvalue weighted by Crippen LogP contribution is 2.39. The molecule has 2 aromatic rings. The van der Waals surface area contributed by atoms with E-state index in [1.54, 1.807) is 12.1 Å². The molecule has 0 radical (unpaired) electrons. The molecule has 0 saturated heterocycles. The van der Waals surface area contributed by atoms with Crippen LogP contribution in [0.4, 0.5) is 4.39 Å². The molecule has 3 N–H and O–H groups in total. The molecule has 0 aliphatic carbocycles. The molecule has 0 spiro atoms. The number of ether oxygens (including phenoxy) is 3. The first-order chi connectivity index (χ1) is 20.4. The molecular formula is C30H35FN2O10. The van der Waals surface area contributed by atoms with Crippen molar-refractivity contribution in [3.05, 3.63) is 46.3 Å². The van der Waals surface area contributed by atoms with Crippen molar-refractivity contribution in [1.29, 1.82) is 0 Å². The molecule has 2 unspecified atom stereocenters. The third-order valence-corrected chi connectivity index (χ3v) is 7.62. The Kier molecular flexibility index (Phi) is 9.62. The number of carbonyl (C=O) groups excluding carboxylic acids is 2. The fourth-order valence-corrected chi connectivity index (χ4v) is 5.00. The molecule has 4 rings (SSSR count). The minimum absolute atomic E-state index is 0.00494. The highest BCUT2D eigenvalue weighted by atomic mass is 19.1. The maximum Gasteiger partial charge on any atom is 0.306 e. The first kappa shape index (κ1) is 31.4. The van der Waals surface area contributed by atoms with E-state index in [2.05, 4.69) is 0 Å². The van der Waals surface area contributed by atoms with E-state index in [1.807, 2.05) is 0 Å². The molecule has 12 nitrogen and oxygen atoms in total. The molecular weight excluding hydrogens is 567 g/mol. The van der Waals surface area contributed by atoms with Crippen LogP contribution in [0.15, 0.2) is 18.2 Å². The Bertz CT molecular complexity index is 1430. The number of amides is 2. The van der Waals surface area contributed by atoms with Gasteiger partial charge in [-0.2, -0.15) is 0 Å². The number of carbonyl (C=O) groups is 4. The molecule has 2 heterocycles. The fourth-order valence-electron chi connectivity index (χ4n) is 5.00. The van der Waals surface area contributed by atoms with Gasteiger partial charge in [0.25, 0.3) is 0 Å². The second kappa shape index (κ2) is 13.2. The molecule has 2 amide bonds. The summed E-state index contributed by atoms with van der Waals surface area (Å²) in [5, 5.41) is 28.6. The van der Waals surface area contributed by atoms with Crippen molar-refractivity contribution in [3.63, 3.8) is 0 Å². The summed E-state index contributed by atoms with van der Waals surface area (Å²) in [6.45, 7) is 3.78. The molecule has 2 aromatic carbocycles. The number of halogens is 1. The maximum absolute atomic E-state index is 15.4. The molecule has 2 atom stereocenters. The van der Waals surface area contributed by atoms with E-state index >= 15 is 4.39 Å². The van der Waals surface area contributed by atoms with Gasteiger partial charge in [0.1, 0.15) is 0 Å². The van der Waals surface area contributed by atoms with Crippen LogP contribution in [0.2, 0.25) is 0 Å². The molecule has 232 valence electrons. The Labute approximate surface area is 247 Å². The number of hydrogen-bond donors (Lipinski definition) is 3. The van der Waals surface area contributed by atoms with Gasteiger partial charge in [0.2, 0.25) is 11.8 Å². The summed E-state index contributed by atoms with van der Waals surface area (Å²) in [6, 6.07) is 4.78. The van der Waals surface area contributed by atoms with E-state index in [9.17, 15) is 24.3 Å². The number of benzene rings is 2. The second-order valence-electron chi connectivity index (χ2n) is 10.9. The van der Waals surface area contributed by atoms with Crippen LogP contribution in [0.1, 0.15) is 55.4 Å². The predicted molar refractivity (Wildman–Crippen MR) is 148 cm³/mol. The average Bonchev–Trinajstić information content (AvgIpc) is 3.58. The van der Waals surface area contributed by atoms with Crippen LogP contribution in [0.5, 0.6) is 23.0 Å². The first-order valence-electron chi connectivity index (χ1n) is 13.9. The van der Waals surface area contributed by atoms with Gasteiger partial charge in [-0.3, -0.25) is 19.2 Å². The Morgan fingerprint density at radius 1 is 0.814 bits per heavy atom. The summed E-state index contributed by atoms with van der Waals surface area (Å²) >= 11 is 0. The number of carboxylic acid groups (broad SMARTS) is 2. The van der Waals surface area contributed by atoms with Crippen molar-refractivity contribution in [2.75, 3.05) is 20.3 Å². The Hall–Kier alpha value is -4.55. The summed E-state index contributed by atoms with van der Waals surface area (Å²) in [7, 11) is 1.38. The van der Waals surface area contributed by atoms with Gasteiger partial charge in [-0.1, -0.05) is 13.8 Å². The number of methoxy groups -OCH3 is 1. The summed E-state index contributed by atoms with van der Waals surface area (Å²) in [5.41, 5.74) is 2.39. The Morgan fingerprint density at radius 2 is 1.33 bits per heavy atom.